The van der Waals surface area contributed by atoms with Crippen LogP contribution in [0.15, 0.2) is 35.5 Å². The third-order valence-corrected chi connectivity index (χ3v) is 2.75. The number of nitrogens with zero attached hydrogens (tertiary/aromatic N) is 3. The van der Waals surface area contributed by atoms with E-state index in [2.05, 4.69) is 10.1 Å². The van der Waals surface area contributed by atoms with Crippen molar-refractivity contribution < 1.29 is 4.39 Å². The number of nitrogens with one attached hydrogen (secondary N) is 1. The Morgan fingerprint density at radius 1 is 1.41 bits per heavy atom. The molecule has 0 bridgehead atoms. The average molecular weight is 232 g/mol. The molecule has 86 valence electrons. The average Bonchev–Trinajstić information content (AvgIpc) is 2.88. The largest absolute Gasteiger partial charge is 0.330 e. The van der Waals surface area contributed by atoms with E-state index in [-0.39, 0.29) is 11.4 Å². The van der Waals surface area contributed by atoms with Gasteiger partial charge in [0.25, 0.3) is 0 Å². The molecule has 0 unspecified atom stereocenters. The highest BCUT2D eigenvalue weighted by Crippen LogP contribution is 2.22. The Balaban J connectivity index is 2.36. The van der Waals surface area contributed by atoms with E-state index in [0.29, 0.717) is 10.9 Å². The van der Waals surface area contributed by atoms with Gasteiger partial charge in [0.2, 0.25) is 0 Å². The number of imidazole rings is 1. The fraction of sp³-hybridized carbons (Fsp3) is 0.0909. The van der Waals surface area contributed by atoms with Crippen LogP contribution in [0.3, 0.4) is 0 Å². The molecule has 5 nitrogen and oxygen atoms in total. The summed E-state index contributed by atoms with van der Waals surface area (Å²) in [6, 6.07) is 3.30. The van der Waals surface area contributed by atoms with Crippen LogP contribution in [0.25, 0.3) is 16.6 Å². The van der Waals surface area contributed by atoms with Gasteiger partial charge in [0.1, 0.15) is 0 Å². The summed E-state index contributed by atoms with van der Waals surface area (Å²) in [5, 5.41) is 4.38. The van der Waals surface area contributed by atoms with Gasteiger partial charge in [-0.1, -0.05) is 0 Å². The van der Waals surface area contributed by atoms with Gasteiger partial charge in [0, 0.05) is 19.4 Å². The Hall–Kier alpha value is -2.37. The molecule has 0 aliphatic carbocycles. The van der Waals surface area contributed by atoms with E-state index >= 15 is 0 Å². The van der Waals surface area contributed by atoms with Gasteiger partial charge in [-0.25, -0.2) is 9.18 Å². The molecule has 0 atom stereocenters. The lowest BCUT2D eigenvalue weighted by Crippen LogP contribution is -2.15. The molecule has 0 aliphatic rings. The first-order valence-corrected chi connectivity index (χ1v) is 5.05. The van der Waals surface area contributed by atoms with E-state index in [1.807, 2.05) is 0 Å². The first-order valence-electron chi connectivity index (χ1n) is 5.05. The molecule has 1 N–H and O–H groups in total. The number of halogens is 1. The summed E-state index contributed by atoms with van der Waals surface area (Å²) in [4.78, 5) is 13.9. The van der Waals surface area contributed by atoms with Crippen LogP contribution in [-0.4, -0.2) is 19.3 Å². The monoisotopic (exact) mass is 232 g/mol. The van der Waals surface area contributed by atoms with Crippen molar-refractivity contribution in [1.29, 1.82) is 0 Å². The van der Waals surface area contributed by atoms with Crippen molar-refractivity contribution in [3.05, 3.63) is 47.0 Å². The standard InChI is InChI=1S/C11H9FN4O/c1-15-8-2-3-9(10(12)7(8)6-14-15)16-5-4-13-11(16)17/h2-6H,1H3,(H,13,17). The Bertz CT molecular complexity index is 752. The summed E-state index contributed by atoms with van der Waals surface area (Å²) in [6.45, 7) is 0. The Kier molecular flexibility index (Phi) is 1.91. The molecular weight excluding hydrogens is 223 g/mol. The second-order valence-corrected chi connectivity index (χ2v) is 3.73. The Labute approximate surface area is 95.1 Å². The number of hydrogen-bond acceptors (Lipinski definition) is 2. The van der Waals surface area contributed by atoms with Crippen LogP contribution in [0.4, 0.5) is 4.39 Å². The van der Waals surface area contributed by atoms with Gasteiger partial charge in [-0.15, -0.1) is 0 Å². The van der Waals surface area contributed by atoms with Gasteiger partial charge in [-0.05, 0) is 12.1 Å². The van der Waals surface area contributed by atoms with E-state index in [0.717, 1.165) is 0 Å². The van der Waals surface area contributed by atoms with Gasteiger partial charge >= 0.3 is 5.69 Å². The molecule has 3 aromatic rings. The number of H-pyrrole nitrogens is 1. The molecule has 0 amide bonds. The number of hydrogen-bond donors (Lipinski definition) is 1. The third-order valence-electron chi connectivity index (χ3n) is 2.75. The number of benzene rings is 1. The zero-order valence-electron chi connectivity index (χ0n) is 9.01. The molecule has 17 heavy (non-hydrogen) atoms. The van der Waals surface area contributed by atoms with Crippen molar-refractivity contribution >= 4 is 10.9 Å². The lowest BCUT2D eigenvalue weighted by atomic mass is 10.2. The molecule has 0 saturated carbocycles. The predicted octanol–water partition coefficient (Wildman–Crippen LogP) is 1.19. The Morgan fingerprint density at radius 2 is 2.24 bits per heavy atom. The third kappa shape index (κ3) is 1.30. The second kappa shape index (κ2) is 3.31. The number of aromatic amines is 1. The van der Waals surface area contributed by atoms with Crippen LogP contribution in [0, 0.1) is 5.82 Å². The van der Waals surface area contributed by atoms with E-state index in [4.69, 9.17) is 0 Å². The summed E-state index contributed by atoms with van der Waals surface area (Å²) in [5.74, 6) is -0.447. The molecule has 6 heteroatoms. The van der Waals surface area contributed by atoms with Gasteiger partial charge in [0.15, 0.2) is 5.82 Å². The molecule has 0 saturated heterocycles. The SMILES string of the molecule is Cn1ncc2c(F)c(-n3cc[nH]c3=O)ccc21. The highest BCUT2D eigenvalue weighted by Gasteiger charge is 2.12. The molecule has 0 fully saturated rings. The van der Waals surface area contributed by atoms with Crippen molar-refractivity contribution in [1.82, 2.24) is 19.3 Å². The molecule has 0 radical (unpaired) electrons. The quantitative estimate of drug-likeness (QED) is 0.685. The van der Waals surface area contributed by atoms with Crippen LogP contribution < -0.4 is 5.69 Å². The van der Waals surface area contributed by atoms with Crippen LogP contribution in [0.5, 0.6) is 0 Å². The van der Waals surface area contributed by atoms with Crippen molar-refractivity contribution in [3.63, 3.8) is 0 Å². The summed E-state index contributed by atoms with van der Waals surface area (Å²) >= 11 is 0. The minimum Gasteiger partial charge on any atom is -0.312 e. The molecule has 1 aromatic carbocycles. The summed E-state index contributed by atoms with van der Waals surface area (Å²) in [7, 11) is 1.74. The van der Waals surface area contributed by atoms with Crippen LogP contribution in [0.1, 0.15) is 0 Å². The maximum atomic E-state index is 14.2. The van der Waals surface area contributed by atoms with Gasteiger partial charge in [-0.2, -0.15) is 5.10 Å². The zero-order valence-corrected chi connectivity index (χ0v) is 9.01. The molecular formula is C11H9FN4O. The summed E-state index contributed by atoms with van der Waals surface area (Å²) < 4.78 is 17.0. The molecule has 3 rings (SSSR count). The number of aromatic nitrogens is 4. The van der Waals surface area contributed by atoms with E-state index < -0.39 is 5.82 Å². The normalized spacial score (nSPS) is 11.2. The van der Waals surface area contributed by atoms with E-state index in [1.165, 1.54) is 23.2 Å². The fourth-order valence-electron chi connectivity index (χ4n) is 1.88. The maximum Gasteiger partial charge on any atom is 0.330 e. The summed E-state index contributed by atoms with van der Waals surface area (Å²) in [6.07, 6.45) is 4.41. The van der Waals surface area contributed by atoms with Crippen molar-refractivity contribution in [2.24, 2.45) is 7.05 Å². The Morgan fingerprint density at radius 3 is 2.94 bits per heavy atom. The number of rotatable bonds is 1. The predicted molar refractivity (Wildman–Crippen MR) is 60.6 cm³/mol. The first kappa shape index (κ1) is 9.83. The minimum atomic E-state index is -0.447. The maximum absolute atomic E-state index is 14.2. The van der Waals surface area contributed by atoms with Gasteiger partial charge in [0.05, 0.1) is 22.8 Å². The van der Waals surface area contributed by atoms with Crippen LogP contribution >= 0.6 is 0 Å². The number of aryl methyl sites for hydroxylation is 1. The lowest BCUT2D eigenvalue weighted by Gasteiger charge is -2.04. The second-order valence-electron chi connectivity index (χ2n) is 3.73. The highest BCUT2D eigenvalue weighted by molar-refractivity contribution is 5.81. The van der Waals surface area contributed by atoms with Crippen LogP contribution in [0.2, 0.25) is 0 Å². The molecule has 2 aromatic heterocycles. The lowest BCUT2D eigenvalue weighted by molar-refractivity contribution is 0.628. The first-order chi connectivity index (χ1) is 8.18. The highest BCUT2D eigenvalue weighted by atomic mass is 19.1. The van der Waals surface area contributed by atoms with Crippen molar-refractivity contribution in [3.8, 4) is 5.69 Å². The van der Waals surface area contributed by atoms with E-state index in [9.17, 15) is 9.18 Å². The molecule has 0 aliphatic heterocycles. The van der Waals surface area contributed by atoms with Gasteiger partial charge in [-0.3, -0.25) is 9.25 Å². The van der Waals surface area contributed by atoms with Gasteiger partial charge < -0.3 is 4.98 Å². The molecule has 2 heterocycles. The summed E-state index contributed by atoms with van der Waals surface area (Å²) in [5.41, 5.74) is 0.540. The van der Waals surface area contributed by atoms with E-state index in [1.54, 1.807) is 23.9 Å². The zero-order chi connectivity index (χ0) is 12.0. The van der Waals surface area contributed by atoms with Crippen molar-refractivity contribution in [2.45, 2.75) is 0 Å². The fourth-order valence-corrected chi connectivity index (χ4v) is 1.88. The minimum absolute atomic E-state index is 0.219. The molecule has 0 spiro atoms. The van der Waals surface area contributed by atoms with Crippen molar-refractivity contribution in [2.75, 3.05) is 0 Å². The smallest absolute Gasteiger partial charge is 0.312 e. The topological polar surface area (TPSA) is 55.6 Å². The van der Waals surface area contributed by atoms with Crippen LogP contribution in [-0.2, 0) is 7.05 Å². The number of fused-ring (bicyclic) bond motifs is 1.